The first kappa shape index (κ1) is 14.3. The van der Waals surface area contributed by atoms with Crippen LogP contribution >= 0.6 is 0 Å². The number of hydrogen-bond donors (Lipinski definition) is 1. The molecule has 1 aliphatic rings. The monoisotopic (exact) mass is 313 g/mol. The molecular weight excluding hydrogens is 298 g/mol. The zero-order chi connectivity index (χ0) is 16.4. The first-order valence-electron chi connectivity index (χ1n) is 7.87. The summed E-state index contributed by atoms with van der Waals surface area (Å²) in [6.07, 6.45) is 7.63. The van der Waals surface area contributed by atoms with Gasteiger partial charge in [0.15, 0.2) is 0 Å². The maximum absolute atomic E-state index is 9.02. The minimum atomic E-state index is 0.568. The van der Waals surface area contributed by atoms with Crippen molar-refractivity contribution in [1.82, 2.24) is 15.0 Å². The first-order chi connectivity index (χ1) is 11.8. The lowest BCUT2D eigenvalue weighted by Crippen LogP contribution is -1.99. The molecule has 1 N–H and O–H groups in total. The molecule has 0 saturated heterocycles. The molecule has 0 atom stereocenters. The van der Waals surface area contributed by atoms with E-state index < -0.39 is 0 Å². The summed E-state index contributed by atoms with van der Waals surface area (Å²) in [5.74, 6) is 1.97. The summed E-state index contributed by atoms with van der Waals surface area (Å²) in [5.41, 5.74) is 3.73. The normalized spacial score (nSPS) is 13.3. The highest BCUT2D eigenvalue weighted by Crippen LogP contribution is 2.41. The van der Waals surface area contributed by atoms with Gasteiger partial charge in [0.2, 0.25) is 0 Å². The lowest BCUT2D eigenvalue weighted by molar-refractivity contribution is 1.11. The molecular formula is C19H15N5. The van der Waals surface area contributed by atoms with Crippen molar-refractivity contribution in [2.75, 3.05) is 5.32 Å². The molecule has 24 heavy (non-hydrogen) atoms. The van der Waals surface area contributed by atoms with Crippen molar-refractivity contribution in [3.05, 3.63) is 66.1 Å². The van der Waals surface area contributed by atoms with Crippen molar-refractivity contribution in [2.24, 2.45) is 0 Å². The molecule has 0 aliphatic heterocycles. The number of hydrogen-bond acceptors (Lipinski definition) is 5. The quantitative estimate of drug-likeness (QED) is 0.787. The van der Waals surface area contributed by atoms with Gasteiger partial charge in [-0.05, 0) is 60.7 Å². The number of aromatic nitrogens is 3. The fourth-order valence-corrected chi connectivity index (χ4v) is 2.63. The molecule has 1 aliphatic carbocycles. The Morgan fingerprint density at radius 2 is 2.00 bits per heavy atom. The van der Waals surface area contributed by atoms with E-state index >= 15 is 0 Å². The van der Waals surface area contributed by atoms with Crippen LogP contribution < -0.4 is 5.32 Å². The smallest absolute Gasteiger partial charge is 0.132 e. The fourth-order valence-electron chi connectivity index (χ4n) is 2.63. The van der Waals surface area contributed by atoms with E-state index in [2.05, 4.69) is 33.5 Å². The van der Waals surface area contributed by atoms with Gasteiger partial charge < -0.3 is 5.32 Å². The highest BCUT2D eigenvalue weighted by atomic mass is 15.1. The summed E-state index contributed by atoms with van der Waals surface area (Å²) in [6.45, 7) is 0. The number of pyridine rings is 3. The van der Waals surface area contributed by atoms with E-state index in [1.54, 1.807) is 24.5 Å². The zero-order valence-corrected chi connectivity index (χ0v) is 13.0. The average molecular weight is 313 g/mol. The third-order valence-electron chi connectivity index (χ3n) is 4.00. The van der Waals surface area contributed by atoms with E-state index in [1.807, 2.05) is 18.3 Å². The second-order valence-electron chi connectivity index (χ2n) is 5.85. The van der Waals surface area contributed by atoms with Crippen molar-refractivity contribution < 1.29 is 0 Å². The molecule has 0 radical (unpaired) electrons. The predicted octanol–water partition coefficient (Wildman–Crippen LogP) is 4.03. The lowest BCUT2D eigenvalue weighted by Gasteiger charge is -2.10. The molecule has 0 spiro atoms. The molecule has 3 heterocycles. The lowest BCUT2D eigenvalue weighted by atomic mass is 10.1. The third kappa shape index (κ3) is 3.08. The molecule has 0 bridgehead atoms. The number of nitrogens with zero attached hydrogens (tertiary/aromatic N) is 4. The Labute approximate surface area is 140 Å². The van der Waals surface area contributed by atoms with Gasteiger partial charge in [-0.25, -0.2) is 9.97 Å². The Morgan fingerprint density at radius 3 is 2.75 bits per heavy atom. The zero-order valence-electron chi connectivity index (χ0n) is 13.0. The maximum Gasteiger partial charge on any atom is 0.132 e. The van der Waals surface area contributed by atoms with Crippen LogP contribution in [0.25, 0.3) is 11.3 Å². The Hall–Kier alpha value is -3.26. The van der Waals surface area contributed by atoms with Crippen LogP contribution in [0, 0.1) is 11.3 Å². The average Bonchev–Trinajstić information content (AvgIpc) is 3.47. The summed E-state index contributed by atoms with van der Waals surface area (Å²) in [7, 11) is 0. The van der Waals surface area contributed by atoms with Crippen LogP contribution in [0.2, 0.25) is 0 Å². The largest absolute Gasteiger partial charge is 0.325 e. The first-order valence-corrected chi connectivity index (χ1v) is 7.87. The maximum atomic E-state index is 9.02. The molecule has 0 aromatic carbocycles. The van der Waals surface area contributed by atoms with Gasteiger partial charge in [-0.2, -0.15) is 5.26 Å². The SMILES string of the molecule is N#Cc1ccnc(Nc2cc(C3CC3)cc(-c3cccnc3)n2)c1. The van der Waals surface area contributed by atoms with E-state index in [1.165, 1.54) is 18.4 Å². The number of nitriles is 1. The number of rotatable bonds is 4. The predicted molar refractivity (Wildman–Crippen MR) is 91.7 cm³/mol. The van der Waals surface area contributed by atoms with Gasteiger partial charge in [-0.1, -0.05) is 0 Å². The Balaban J connectivity index is 1.72. The molecule has 5 nitrogen and oxygen atoms in total. The molecule has 1 saturated carbocycles. The van der Waals surface area contributed by atoms with E-state index in [-0.39, 0.29) is 0 Å². The van der Waals surface area contributed by atoms with Crippen LogP contribution in [0.3, 0.4) is 0 Å². The second kappa shape index (κ2) is 6.09. The standard InChI is InChI=1S/C19H15N5/c20-11-13-5-7-22-18(8-13)24-19-10-16(14-3-4-14)9-17(23-19)15-2-1-6-21-12-15/h1-2,5-10,12,14H,3-4H2,(H,22,23,24). The highest BCUT2D eigenvalue weighted by molar-refractivity contribution is 5.64. The van der Waals surface area contributed by atoms with Crippen molar-refractivity contribution in [2.45, 2.75) is 18.8 Å². The van der Waals surface area contributed by atoms with Crippen molar-refractivity contribution in [3.63, 3.8) is 0 Å². The molecule has 0 amide bonds. The molecule has 0 unspecified atom stereocenters. The van der Waals surface area contributed by atoms with Gasteiger partial charge in [-0.3, -0.25) is 4.98 Å². The highest BCUT2D eigenvalue weighted by Gasteiger charge is 2.24. The Kier molecular flexibility index (Phi) is 3.64. The van der Waals surface area contributed by atoms with Crippen LogP contribution in [0.4, 0.5) is 11.6 Å². The molecule has 5 heteroatoms. The van der Waals surface area contributed by atoms with Crippen LogP contribution in [0.15, 0.2) is 55.0 Å². The number of anilines is 2. The summed E-state index contributed by atoms with van der Waals surface area (Å²) < 4.78 is 0. The van der Waals surface area contributed by atoms with Gasteiger partial charge in [-0.15, -0.1) is 0 Å². The minimum absolute atomic E-state index is 0.568. The second-order valence-corrected chi connectivity index (χ2v) is 5.85. The number of nitrogens with one attached hydrogen (secondary N) is 1. The van der Waals surface area contributed by atoms with Gasteiger partial charge >= 0.3 is 0 Å². The van der Waals surface area contributed by atoms with Gasteiger partial charge in [0.25, 0.3) is 0 Å². The minimum Gasteiger partial charge on any atom is -0.325 e. The molecule has 3 aromatic rings. The Morgan fingerprint density at radius 1 is 1.08 bits per heavy atom. The van der Waals surface area contributed by atoms with Crippen LogP contribution in [0.1, 0.15) is 29.9 Å². The third-order valence-corrected chi connectivity index (χ3v) is 4.00. The fraction of sp³-hybridized carbons (Fsp3) is 0.158. The summed E-state index contributed by atoms with van der Waals surface area (Å²) >= 11 is 0. The van der Waals surface area contributed by atoms with E-state index in [4.69, 9.17) is 10.2 Å². The molecule has 3 aromatic heterocycles. The summed E-state index contributed by atoms with van der Waals surface area (Å²) in [4.78, 5) is 13.1. The van der Waals surface area contributed by atoms with Crippen LogP contribution in [-0.2, 0) is 0 Å². The van der Waals surface area contributed by atoms with E-state index in [9.17, 15) is 0 Å². The van der Waals surface area contributed by atoms with Crippen molar-refractivity contribution in [3.8, 4) is 17.3 Å². The topological polar surface area (TPSA) is 74.5 Å². The van der Waals surface area contributed by atoms with Gasteiger partial charge in [0.1, 0.15) is 11.6 Å². The van der Waals surface area contributed by atoms with Gasteiger partial charge in [0.05, 0.1) is 17.3 Å². The van der Waals surface area contributed by atoms with Crippen molar-refractivity contribution >= 4 is 11.6 Å². The van der Waals surface area contributed by atoms with Crippen molar-refractivity contribution in [1.29, 1.82) is 5.26 Å². The molecule has 116 valence electrons. The molecule has 1 fully saturated rings. The van der Waals surface area contributed by atoms with E-state index in [0.29, 0.717) is 17.3 Å². The molecule has 4 rings (SSSR count). The summed E-state index contributed by atoms with van der Waals surface area (Å²) in [6, 6.07) is 13.6. The van der Waals surface area contributed by atoms with Crippen LogP contribution in [0.5, 0.6) is 0 Å². The van der Waals surface area contributed by atoms with E-state index in [0.717, 1.165) is 17.1 Å². The summed E-state index contributed by atoms with van der Waals surface area (Å²) in [5, 5.41) is 12.2. The Bertz CT molecular complexity index is 911. The van der Waals surface area contributed by atoms with Crippen LogP contribution in [-0.4, -0.2) is 15.0 Å². The van der Waals surface area contributed by atoms with Gasteiger partial charge in [0, 0.05) is 24.2 Å².